The van der Waals surface area contributed by atoms with E-state index < -0.39 is 18.0 Å². The van der Waals surface area contributed by atoms with Crippen LogP contribution in [0.2, 0.25) is 0 Å². The molecule has 0 aliphatic carbocycles. The number of nitriles is 1. The predicted molar refractivity (Wildman–Crippen MR) is 93.9 cm³/mol. The van der Waals surface area contributed by atoms with Crippen molar-refractivity contribution in [1.82, 2.24) is 9.97 Å². The van der Waals surface area contributed by atoms with Gasteiger partial charge in [-0.05, 0) is 25.8 Å². The Bertz CT molecular complexity index is 1030. The number of ether oxygens (including phenoxy) is 1. The fourth-order valence-electron chi connectivity index (χ4n) is 3.10. The molecule has 0 aromatic carbocycles. The van der Waals surface area contributed by atoms with E-state index in [0.717, 1.165) is 0 Å². The number of aromatic amines is 1. The molecule has 7 heteroatoms. The molecular weight excluding hydrogens is 320 g/mol. The van der Waals surface area contributed by atoms with Crippen molar-refractivity contribution < 1.29 is 13.6 Å². The number of nitrogens with zero attached hydrogens (tertiary/aromatic N) is 3. The van der Waals surface area contributed by atoms with Gasteiger partial charge in [-0.2, -0.15) is 5.26 Å². The van der Waals surface area contributed by atoms with Gasteiger partial charge in [0.1, 0.15) is 17.3 Å². The summed E-state index contributed by atoms with van der Waals surface area (Å²) in [6.07, 6.45) is 1.82. The molecule has 3 heterocycles. The van der Waals surface area contributed by atoms with Crippen molar-refractivity contribution >= 4 is 22.4 Å². The molecule has 2 aromatic heterocycles. The van der Waals surface area contributed by atoms with Crippen LogP contribution in [0.15, 0.2) is 17.1 Å². The lowest BCUT2D eigenvalue weighted by molar-refractivity contribution is -0.0132. The number of anilines is 1. The van der Waals surface area contributed by atoms with Gasteiger partial charge in [0, 0.05) is 36.6 Å². The molecule has 0 unspecified atom stereocenters. The van der Waals surface area contributed by atoms with Crippen LogP contribution in [0.1, 0.15) is 46.8 Å². The minimum Gasteiger partial charge on any atom is -0.378 e. The first-order valence-corrected chi connectivity index (χ1v) is 7.91. The summed E-state index contributed by atoms with van der Waals surface area (Å²) < 4.78 is 28.8. The van der Waals surface area contributed by atoms with E-state index in [-0.39, 0.29) is 43.0 Å². The maximum absolute atomic E-state index is 12.4. The Kier molecular flexibility index (Phi) is 3.41. The molecule has 1 aliphatic rings. The van der Waals surface area contributed by atoms with Crippen LogP contribution in [0.4, 0.5) is 5.69 Å². The number of hydrogen-bond donors (Lipinski definition) is 1. The number of nitrogens with one attached hydrogen (secondary N) is 1. The third-order valence-corrected chi connectivity index (χ3v) is 4.62. The van der Waals surface area contributed by atoms with Crippen LogP contribution >= 0.6 is 0 Å². The minimum absolute atomic E-state index is 0.0768. The molecule has 130 valence electrons. The summed E-state index contributed by atoms with van der Waals surface area (Å²) in [6, 6.07) is 3.48. The van der Waals surface area contributed by atoms with E-state index in [2.05, 4.69) is 9.97 Å². The van der Waals surface area contributed by atoms with Crippen LogP contribution in [0.5, 0.6) is 0 Å². The summed E-state index contributed by atoms with van der Waals surface area (Å²) in [5.41, 5.74) is -0.881. The molecule has 1 aliphatic heterocycles. The molecule has 1 N–H and O–H groups in total. The van der Waals surface area contributed by atoms with Gasteiger partial charge in [0.2, 0.25) is 0 Å². The summed E-state index contributed by atoms with van der Waals surface area (Å²) in [4.78, 5) is 32.6. The fourth-order valence-corrected chi connectivity index (χ4v) is 3.10. The second kappa shape index (κ2) is 6.30. The zero-order chi connectivity index (χ0) is 20.7. The van der Waals surface area contributed by atoms with Crippen LogP contribution in [-0.2, 0) is 4.74 Å². The smallest absolute Gasteiger partial charge is 0.268 e. The first-order valence-electron chi connectivity index (χ1n) is 9.41. The third-order valence-electron chi connectivity index (χ3n) is 4.62. The van der Waals surface area contributed by atoms with Crippen LogP contribution in [0.3, 0.4) is 0 Å². The van der Waals surface area contributed by atoms with E-state index in [1.165, 1.54) is 20.2 Å². The molecular formula is C18H20N4O3. The molecule has 2 aromatic rings. The Morgan fingerprint density at radius 2 is 2.24 bits per heavy atom. The Balaban J connectivity index is 2.12. The number of H-pyrrole nitrogens is 1. The van der Waals surface area contributed by atoms with E-state index in [9.17, 15) is 14.9 Å². The van der Waals surface area contributed by atoms with Crippen LogP contribution in [0.25, 0.3) is 10.9 Å². The van der Waals surface area contributed by atoms with Gasteiger partial charge in [0.25, 0.3) is 5.56 Å². The van der Waals surface area contributed by atoms with Crippen molar-refractivity contribution in [3.05, 3.63) is 33.9 Å². The van der Waals surface area contributed by atoms with Crippen LogP contribution < -0.4 is 10.5 Å². The summed E-state index contributed by atoms with van der Waals surface area (Å²) in [6.45, 7) is -0.322. The van der Waals surface area contributed by atoms with Crippen LogP contribution in [-0.4, -0.2) is 41.6 Å². The standard InChI is InChI=1S/C18H20N4O3/c1-11(23)14-8-12-15(10-20-14)21-17(24)13(9-19)16(12)22-6-4-18(2,25-3)5-7-22/h8,10H,4-7H2,1-3H3,(H,21,24)/i2D3. The first-order chi connectivity index (χ1) is 13.1. The largest absolute Gasteiger partial charge is 0.378 e. The number of carbonyl (C=O) groups excluding carboxylic acids is 1. The van der Waals surface area contributed by atoms with E-state index >= 15 is 0 Å². The van der Waals surface area contributed by atoms with Gasteiger partial charge in [-0.25, -0.2) is 0 Å². The third kappa shape index (κ3) is 3.01. The number of pyridine rings is 2. The van der Waals surface area contributed by atoms with Gasteiger partial charge >= 0.3 is 0 Å². The summed E-state index contributed by atoms with van der Waals surface area (Å²) in [5.74, 6) is -0.239. The lowest BCUT2D eigenvalue weighted by atomic mass is 9.92. The quantitative estimate of drug-likeness (QED) is 0.856. The summed E-state index contributed by atoms with van der Waals surface area (Å²) in [5, 5.41) is 10.1. The SMILES string of the molecule is [2H]C([2H])([2H])C1(OC)CCN(c2c(C#N)c(=O)[nH]c3cnc(C(C)=O)cc23)CC1. The molecule has 0 saturated carbocycles. The van der Waals surface area contributed by atoms with Crippen molar-refractivity contribution in [3.8, 4) is 6.07 Å². The van der Waals surface area contributed by atoms with Gasteiger partial charge in [-0.3, -0.25) is 14.6 Å². The topological polar surface area (TPSA) is 99.1 Å². The molecule has 1 saturated heterocycles. The summed E-state index contributed by atoms with van der Waals surface area (Å²) in [7, 11) is 1.39. The van der Waals surface area contributed by atoms with Gasteiger partial charge in [-0.1, -0.05) is 0 Å². The highest BCUT2D eigenvalue weighted by atomic mass is 16.5. The van der Waals surface area contributed by atoms with Crippen molar-refractivity contribution in [2.75, 3.05) is 25.1 Å². The van der Waals surface area contributed by atoms with Crippen molar-refractivity contribution in [2.45, 2.75) is 32.2 Å². The maximum atomic E-state index is 12.4. The molecule has 0 radical (unpaired) electrons. The fraction of sp³-hybridized carbons (Fsp3) is 0.444. The Labute approximate surface area is 149 Å². The molecule has 7 nitrogen and oxygen atoms in total. The Morgan fingerprint density at radius 3 is 2.80 bits per heavy atom. The zero-order valence-electron chi connectivity index (χ0n) is 17.0. The maximum Gasteiger partial charge on any atom is 0.268 e. The highest BCUT2D eigenvalue weighted by Gasteiger charge is 2.32. The van der Waals surface area contributed by atoms with Gasteiger partial charge in [0.15, 0.2) is 5.78 Å². The molecule has 0 spiro atoms. The molecule has 1 fully saturated rings. The van der Waals surface area contributed by atoms with Crippen molar-refractivity contribution in [2.24, 2.45) is 0 Å². The molecule has 0 atom stereocenters. The summed E-state index contributed by atoms with van der Waals surface area (Å²) >= 11 is 0. The normalized spacial score (nSPS) is 18.9. The molecule has 3 rings (SSSR count). The predicted octanol–water partition coefficient (Wildman–Crippen LogP) is 2.00. The average molecular weight is 343 g/mol. The Morgan fingerprint density at radius 1 is 1.52 bits per heavy atom. The van der Waals surface area contributed by atoms with E-state index in [0.29, 0.717) is 16.6 Å². The van der Waals surface area contributed by atoms with Gasteiger partial charge in [0.05, 0.1) is 23.0 Å². The number of Topliss-reactive ketones (excluding diaryl/α,β-unsaturated/α-hetero) is 1. The molecule has 25 heavy (non-hydrogen) atoms. The van der Waals surface area contributed by atoms with E-state index in [4.69, 9.17) is 8.85 Å². The van der Waals surface area contributed by atoms with Gasteiger partial charge in [-0.15, -0.1) is 0 Å². The molecule has 0 bridgehead atoms. The minimum atomic E-state index is -2.28. The average Bonchev–Trinajstić information content (AvgIpc) is 2.65. The second-order valence-corrected chi connectivity index (χ2v) is 6.15. The van der Waals surface area contributed by atoms with Gasteiger partial charge < -0.3 is 14.6 Å². The highest BCUT2D eigenvalue weighted by Crippen LogP contribution is 2.33. The lowest BCUT2D eigenvalue weighted by Crippen LogP contribution is -2.44. The number of piperidine rings is 1. The number of fused-ring (bicyclic) bond motifs is 1. The lowest BCUT2D eigenvalue weighted by Gasteiger charge is -2.40. The Hall–Kier alpha value is -2.72. The number of methoxy groups -OCH3 is 1. The molecule has 0 amide bonds. The van der Waals surface area contributed by atoms with E-state index in [1.54, 1.807) is 6.07 Å². The number of rotatable bonds is 3. The van der Waals surface area contributed by atoms with Crippen LogP contribution in [0, 0.1) is 11.3 Å². The zero-order valence-corrected chi connectivity index (χ0v) is 14.0. The first kappa shape index (κ1) is 13.6. The number of aromatic nitrogens is 2. The number of ketones is 1. The number of hydrogen-bond acceptors (Lipinski definition) is 6. The van der Waals surface area contributed by atoms with Crippen molar-refractivity contribution in [1.29, 1.82) is 5.26 Å². The van der Waals surface area contributed by atoms with Crippen molar-refractivity contribution in [3.63, 3.8) is 0 Å². The highest BCUT2D eigenvalue weighted by molar-refractivity contribution is 6.00. The monoisotopic (exact) mass is 343 g/mol. The number of carbonyl (C=O) groups is 1. The van der Waals surface area contributed by atoms with E-state index in [1.807, 2.05) is 11.0 Å². The second-order valence-electron chi connectivity index (χ2n) is 6.15.